The number of benzene rings is 1. The van der Waals surface area contributed by atoms with E-state index in [-0.39, 0.29) is 5.91 Å². The molecular weight excluding hydrogens is 250 g/mol. The fraction of sp³-hybridized carbons (Fsp3) is 0.250. The number of fused-ring (bicyclic) bond motifs is 1. The molecule has 0 unspecified atom stereocenters. The van der Waals surface area contributed by atoms with Gasteiger partial charge in [-0.2, -0.15) is 0 Å². The number of rotatable bonds is 1. The first-order chi connectivity index (χ1) is 9.66. The second-order valence-electron chi connectivity index (χ2n) is 5.12. The summed E-state index contributed by atoms with van der Waals surface area (Å²) in [6.07, 6.45) is 3.53. The fourth-order valence-electron chi connectivity index (χ4n) is 2.72. The number of aromatic nitrogens is 1. The van der Waals surface area contributed by atoms with Crippen molar-refractivity contribution in [2.45, 2.75) is 19.8 Å². The molecule has 2 heterocycles. The number of nitrogens with zero attached hydrogens (tertiary/aromatic N) is 2. The highest BCUT2D eigenvalue weighted by molar-refractivity contribution is 6.06. The number of hydrogen-bond acceptors (Lipinski definition) is 3. The maximum atomic E-state index is 12.6. The molecule has 1 amide bonds. The van der Waals surface area contributed by atoms with E-state index >= 15 is 0 Å². The van der Waals surface area contributed by atoms with E-state index in [1.165, 1.54) is 11.8 Å². The van der Waals surface area contributed by atoms with Crippen molar-refractivity contribution in [3.63, 3.8) is 0 Å². The zero-order valence-electron chi connectivity index (χ0n) is 11.5. The van der Waals surface area contributed by atoms with Crippen molar-refractivity contribution in [3.05, 3.63) is 53.3 Å². The Labute approximate surface area is 118 Å². The van der Waals surface area contributed by atoms with Gasteiger partial charge in [-0.15, -0.1) is 0 Å². The van der Waals surface area contributed by atoms with E-state index < -0.39 is 0 Å². The molecule has 1 aromatic heterocycles. The second kappa shape index (κ2) is 4.96. The van der Waals surface area contributed by atoms with E-state index in [4.69, 9.17) is 5.73 Å². The molecule has 1 aliphatic rings. The van der Waals surface area contributed by atoms with E-state index in [0.717, 1.165) is 30.6 Å². The van der Waals surface area contributed by atoms with Crippen molar-refractivity contribution in [3.8, 4) is 0 Å². The molecule has 3 rings (SSSR count). The number of anilines is 2. The molecule has 0 aliphatic carbocycles. The highest BCUT2D eigenvalue weighted by atomic mass is 16.2. The predicted molar refractivity (Wildman–Crippen MR) is 79.8 cm³/mol. The normalized spacial score (nSPS) is 13.9. The van der Waals surface area contributed by atoms with Crippen LogP contribution in [0.25, 0.3) is 0 Å². The lowest BCUT2D eigenvalue weighted by Crippen LogP contribution is -2.36. The lowest BCUT2D eigenvalue weighted by atomic mass is 9.98. The quantitative estimate of drug-likeness (QED) is 0.863. The van der Waals surface area contributed by atoms with Gasteiger partial charge in [-0.3, -0.25) is 4.79 Å². The molecule has 1 aliphatic heterocycles. The number of aryl methyl sites for hydroxylation is 2. The van der Waals surface area contributed by atoms with E-state index in [9.17, 15) is 4.79 Å². The minimum absolute atomic E-state index is 0.0553. The lowest BCUT2D eigenvalue weighted by Gasteiger charge is -2.30. The number of hydrogen-bond donors (Lipinski definition) is 1. The zero-order valence-corrected chi connectivity index (χ0v) is 11.5. The van der Waals surface area contributed by atoms with Gasteiger partial charge in [0.15, 0.2) is 0 Å². The zero-order chi connectivity index (χ0) is 14.1. The van der Waals surface area contributed by atoms with Gasteiger partial charge < -0.3 is 10.6 Å². The third-order valence-corrected chi connectivity index (χ3v) is 3.67. The summed E-state index contributed by atoms with van der Waals surface area (Å²) in [5, 5.41) is 0. The average molecular weight is 267 g/mol. The van der Waals surface area contributed by atoms with Crippen molar-refractivity contribution < 1.29 is 4.79 Å². The van der Waals surface area contributed by atoms with Crippen LogP contribution in [0.15, 0.2) is 36.5 Å². The molecule has 20 heavy (non-hydrogen) atoms. The van der Waals surface area contributed by atoms with Crippen LogP contribution in [0.3, 0.4) is 0 Å². The number of para-hydroxylation sites is 1. The maximum Gasteiger partial charge on any atom is 0.276 e. The average Bonchev–Trinajstić information content (AvgIpc) is 2.47. The third kappa shape index (κ3) is 2.13. The highest BCUT2D eigenvalue weighted by Crippen LogP contribution is 2.31. The van der Waals surface area contributed by atoms with Crippen LogP contribution in [0.1, 0.15) is 28.0 Å². The lowest BCUT2D eigenvalue weighted by molar-refractivity contribution is 0.0980. The molecule has 0 saturated heterocycles. The minimum atomic E-state index is -0.0553. The predicted octanol–water partition coefficient (Wildman–Crippen LogP) is 2.57. The standard InChI is InChI=1S/C16H17N3O/c1-11-4-2-5-12-6-3-9-19(15(11)12)16(20)14-8-7-13(17)10-18-14/h2,4-5,7-8,10H,3,6,9,17H2,1H3. The third-order valence-electron chi connectivity index (χ3n) is 3.67. The number of carbonyl (C=O) groups excluding carboxylic acids is 1. The monoisotopic (exact) mass is 267 g/mol. The topological polar surface area (TPSA) is 59.2 Å². The maximum absolute atomic E-state index is 12.6. The van der Waals surface area contributed by atoms with Gasteiger partial charge in [0.2, 0.25) is 0 Å². The van der Waals surface area contributed by atoms with Crippen molar-refractivity contribution in [2.75, 3.05) is 17.2 Å². The summed E-state index contributed by atoms with van der Waals surface area (Å²) < 4.78 is 0. The Balaban J connectivity index is 2.00. The summed E-state index contributed by atoms with van der Waals surface area (Å²) in [7, 11) is 0. The summed E-state index contributed by atoms with van der Waals surface area (Å²) in [4.78, 5) is 18.6. The smallest absolute Gasteiger partial charge is 0.276 e. The van der Waals surface area contributed by atoms with Gasteiger partial charge in [0.25, 0.3) is 5.91 Å². The molecule has 0 saturated carbocycles. The number of nitrogen functional groups attached to an aromatic ring is 1. The molecule has 102 valence electrons. The summed E-state index contributed by atoms with van der Waals surface area (Å²) in [6, 6.07) is 9.58. The first kappa shape index (κ1) is 12.7. The Morgan fingerprint density at radius 3 is 2.90 bits per heavy atom. The largest absolute Gasteiger partial charge is 0.397 e. The molecule has 0 bridgehead atoms. The van der Waals surface area contributed by atoms with Crippen molar-refractivity contribution >= 4 is 17.3 Å². The molecular formula is C16H17N3O. The van der Waals surface area contributed by atoms with Gasteiger partial charge in [-0.05, 0) is 43.0 Å². The SMILES string of the molecule is Cc1cccc2c1N(C(=O)c1ccc(N)cn1)CCC2. The van der Waals surface area contributed by atoms with Gasteiger partial charge in [0.05, 0.1) is 17.6 Å². The molecule has 0 atom stereocenters. The highest BCUT2D eigenvalue weighted by Gasteiger charge is 2.25. The first-order valence-corrected chi connectivity index (χ1v) is 6.78. The minimum Gasteiger partial charge on any atom is -0.397 e. The van der Waals surface area contributed by atoms with Crippen LogP contribution in [-0.2, 0) is 6.42 Å². The van der Waals surface area contributed by atoms with Crippen LogP contribution in [0.2, 0.25) is 0 Å². The Hall–Kier alpha value is -2.36. The Kier molecular flexibility index (Phi) is 3.14. The fourth-order valence-corrected chi connectivity index (χ4v) is 2.72. The van der Waals surface area contributed by atoms with Crippen LogP contribution in [-0.4, -0.2) is 17.4 Å². The van der Waals surface area contributed by atoms with E-state index in [1.54, 1.807) is 12.1 Å². The van der Waals surface area contributed by atoms with Crippen molar-refractivity contribution in [1.82, 2.24) is 4.98 Å². The van der Waals surface area contributed by atoms with Crippen molar-refractivity contribution in [1.29, 1.82) is 0 Å². The number of amides is 1. The van der Waals surface area contributed by atoms with Crippen LogP contribution >= 0.6 is 0 Å². The molecule has 0 radical (unpaired) electrons. The summed E-state index contributed by atoms with van der Waals surface area (Å²) in [6.45, 7) is 2.78. The summed E-state index contributed by atoms with van der Waals surface area (Å²) in [5.74, 6) is -0.0553. The van der Waals surface area contributed by atoms with Gasteiger partial charge in [0.1, 0.15) is 5.69 Å². The van der Waals surface area contributed by atoms with E-state index in [0.29, 0.717) is 11.4 Å². The molecule has 2 aromatic rings. The molecule has 4 heteroatoms. The molecule has 0 fully saturated rings. The Bertz CT molecular complexity index is 649. The van der Waals surface area contributed by atoms with Gasteiger partial charge in [-0.25, -0.2) is 4.98 Å². The number of nitrogens with two attached hydrogens (primary N) is 1. The van der Waals surface area contributed by atoms with Gasteiger partial charge >= 0.3 is 0 Å². The van der Waals surface area contributed by atoms with Gasteiger partial charge in [0, 0.05) is 6.54 Å². The van der Waals surface area contributed by atoms with Crippen LogP contribution < -0.4 is 10.6 Å². The van der Waals surface area contributed by atoms with Gasteiger partial charge in [-0.1, -0.05) is 18.2 Å². The summed E-state index contributed by atoms with van der Waals surface area (Å²) in [5.41, 5.74) is 10.0. The Morgan fingerprint density at radius 2 is 2.15 bits per heavy atom. The molecule has 2 N–H and O–H groups in total. The Morgan fingerprint density at radius 1 is 1.30 bits per heavy atom. The molecule has 1 aromatic carbocycles. The van der Waals surface area contributed by atoms with E-state index in [1.807, 2.05) is 24.0 Å². The number of pyridine rings is 1. The number of carbonyl (C=O) groups is 1. The van der Waals surface area contributed by atoms with Crippen LogP contribution in [0.4, 0.5) is 11.4 Å². The molecule has 4 nitrogen and oxygen atoms in total. The molecule has 0 spiro atoms. The van der Waals surface area contributed by atoms with Crippen molar-refractivity contribution in [2.24, 2.45) is 0 Å². The second-order valence-corrected chi connectivity index (χ2v) is 5.12. The first-order valence-electron chi connectivity index (χ1n) is 6.78. The van der Waals surface area contributed by atoms with Crippen LogP contribution in [0.5, 0.6) is 0 Å². The van der Waals surface area contributed by atoms with Crippen LogP contribution in [0, 0.1) is 6.92 Å². The van der Waals surface area contributed by atoms with E-state index in [2.05, 4.69) is 11.1 Å². The summed E-state index contributed by atoms with van der Waals surface area (Å²) >= 11 is 0.